The third-order valence-electron chi connectivity index (χ3n) is 2.07. The van der Waals surface area contributed by atoms with Crippen LogP contribution < -0.4 is 10.6 Å². The molecule has 0 saturated heterocycles. The number of amides is 3. The van der Waals surface area contributed by atoms with Crippen molar-refractivity contribution in [3.63, 3.8) is 0 Å². The fourth-order valence-corrected chi connectivity index (χ4v) is 1.71. The first-order valence-corrected chi connectivity index (χ1v) is 6.28. The van der Waals surface area contributed by atoms with Crippen LogP contribution >= 0.6 is 11.3 Å². The van der Waals surface area contributed by atoms with Gasteiger partial charge in [0.15, 0.2) is 0 Å². The predicted octanol–water partition coefficient (Wildman–Crippen LogP) is -0.515. The van der Waals surface area contributed by atoms with E-state index >= 15 is 0 Å². The average Bonchev–Trinajstić information content (AvgIpc) is 2.86. The van der Waals surface area contributed by atoms with E-state index in [-0.39, 0.29) is 6.54 Å². The van der Waals surface area contributed by atoms with E-state index in [9.17, 15) is 14.4 Å². The number of aliphatic carboxylic acids is 1. The first-order valence-electron chi connectivity index (χ1n) is 5.33. The van der Waals surface area contributed by atoms with Crippen LogP contribution in [0.25, 0.3) is 0 Å². The Bertz CT molecular complexity index is 448. The molecule has 3 amide bonds. The first-order chi connectivity index (χ1) is 8.99. The summed E-state index contributed by atoms with van der Waals surface area (Å²) in [5.41, 5.74) is 2.43. The monoisotopic (exact) mass is 286 g/mol. The fraction of sp³-hybridized carbons (Fsp3) is 0.400. The lowest BCUT2D eigenvalue weighted by Gasteiger charge is -2.16. The maximum absolute atomic E-state index is 11.6. The van der Waals surface area contributed by atoms with Crippen LogP contribution in [0.4, 0.5) is 4.79 Å². The minimum atomic E-state index is -1.14. The molecule has 19 heavy (non-hydrogen) atoms. The molecule has 0 aliphatic heterocycles. The van der Waals surface area contributed by atoms with Gasteiger partial charge in [0.25, 0.3) is 0 Å². The van der Waals surface area contributed by atoms with Crippen molar-refractivity contribution >= 4 is 29.2 Å². The molecule has 0 fully saturated rings. The van der Waals surface area contributed by atoms with E-state index < -0.39 is 24.5 Å². The normalized spacial score (nSPS) is 9.74. The van der Waals surface area contributed by atoms with Gasteiger partial charge in [0.05, 0.1) is 24.3 Å². The molecule has 1 heterocycles. The number of carbonyl (C=O) groups is 3. The van der Waals surface area contributed by atoms with Gasteiger partial charge in [-0.2, -0.15) is 0 Å². The molecular formula is C10H14N4O4S. The highest BCUT2D eigenvalue weighted by molar-refractivity contribution is 7.07. The summed E-state index contributed by atoms with van der Waals surface area (Å²) in [6.07, 6.45) is 0. The predicted molar refractivity (Wildman–Crippen MR) is 67.6 cm³/mol. The molecule has 1 aromatic rings. The van der Waals surface area contributed by atoms with Crippen molar-refractivity contribution in [2.75, 3.05) is 20.1 Å². The topological polar surface area (TPSA) is 112 Å². The van der Waals surface area contributed by atoms with Gasteiger partial charge in [-0.25, -0.2) is 9.78 Å². The molecule has 0 radical (unpaired) electrons. The summed E-state index contributed by atoms with van der Waals surface area (Å²) < 4.78 is 0. The smallest absolute Gasteiger partial charge is 0.322 e. The van der Waals surface area contributed by atoms with E-state index in [1.54, 1.807) is 12.6 Å². The van der Waals surface area contributed by atoms with Crippen LogP contribution in [0.1, 0.15) is 5.69 Å². The van der Waals surface area contributed by atoms with E-state index in [0.29, 0.717) is 6.54 Å². The molecule has 1 rings (SSSR count). The van der Waals surface area contributed by atoms with Gasteiger partial charge in [-0.05, 0) is 0 Å². The highest BCUT2D eigenvalue weighted by Gasteiger charge is 2.11. The number of urea groups is 1. The van der Waals surface area contributed by atoms with Crippen molar-refractivity contribution in [1.29, 1.82) is 0 Å². The summed E-state index contributed by atoms with van der Waals surface area (Å²) in [5, 5.41) is 14.7. The lowest BCUT2D eigenvalue weighted by molar-refractivity contribution is -0.137. The third-order valence-corrected chi connectivity index (χ3v) is 2.70. The zero-order chi connectivity index (χ0) is 14.3. The highest BCUT2D eigenvalue weighted by Crippen LogP contribution is 2.03. The van der Waals surface area contributed by atoms with E-state index in [1.165, 1.54) is 16.2 Å². The number of thiazole rings is 1. The quantitative estimate of drug-likeness (QED) is 0.652. The number of carbonyl (C=O) groups excluding carboxylic acids is 2. The molecular weight excluding hydrogens is 272 g/mol. The molecule has 1 aromatic heterocycles. The molecule has 0 saturated carbocycles. The van der Waals surface area contributed by atoms with E-state index in [0.717, 1.165) is 5.69 Å². The lowest BCUT2D eigenvalue weighted by atomic mass is 10.4. The molecule has 0 spiro atoms. The summed E-state index contributed by atoms with van der Waals surface area (Å²) >= 11 is 1.43. The van der Waals surface area contributed by atoms with Gasteiger partial charge < -0.3 is 20.6 Å². The van der Waals surface area contributed by atoms with Crippen molar-refractivity contribution in [3.8, 4) is 0 Å². The number of rotatable bonds is 6. The Balaban J connectivity index is 2.26. The Hall–Kier alpha value is -2.16. The Morgan fingerprint density at radius 3 is 2.68 bits per heavy atom. The maximum atomic E-state index is 11.6. The number of nitrogens with one attached hydrogen (secondary N) is 2. The molecule has 0 aromatic carbocycles. The van der Waals surface area contributed by atoms with Crippen LogP contribution in [0.5, 0.6) is 0 Å². The molecule has 0 aliphatic rings. The van der Waals surface area contributed by atoms with Crippen molar-refractivity contribution in [3.05, 3.63) is 16.6 Å². The Kier molecular flexibility index (Phi) is 5.73. The first kappa shape index (κ1) is 14.9. The van der Waals surface area contributed by atoms with Gasteiger partial charge in [-0.3, -0.25) is 9.59 Å². The van der Waals surface area contributed by atoms with Crippen LogP contribution in [-0.2, 0) is 16.1 Å². The van der Waals surface area contributed by atoms with Gasteiger partial charge in [0.2, 0.25) is 5.91 Å². The minimum absolute atomic E-state index is 0.270. The van der Waals surface area contributed by atoms with Gasteiger partial charge >= 0.3 is 12.0 Å². The van der Waals surface area contributed by atoms with Crippen LogP contribution in [0.15, 0.2) is 10.9 Å². The average molecular weight is 286 g/mol. The third kappa shape index (κ3) is 5.82. The molecule has 104 valence electrons. The van der Waals surface area contributed by atoms with Crippen LogP contribution in [0.2, 0.25) is 0 Å². The molecule has 3 N–H and O–H groups in total. The number of hydrogen-bond acceptors (Lipinski definition) is 5. The molecule has 0 unspecified atom stereocenters. The molecule has 0 aliphatic carbocycles. The number of nitrogens with zero attached hydrogens (tertiary/aromatic N) is 2. The van der Waals surface area contributed by atoms with Gasteiger partial charge in [0, 0.05) is 12.4 Å². The summed E-state index contributed by atoms with van der Waals surface area (Å²) in [4.78, 5) is 38.4. The maximum Gasteiger partial charge on any atom is 0.322 e. The van der Waals surface area contributed by atoms with Crippen LogP contribution in [0, 0.1) is 0 Å². The second-order valence-corrected chi connectivity index (χ2v) is 4.38. The SMILES string of the molecule is CN(Cc1cscn1)C(=O)NCC(=O)NCC(=O)O. The zero-order valence-electron chi connectivity index (χ0n) is 10.3. The minimum Gasteiger partial charge on any atom is -0.480 e. The van der Waals surface area contributed by atoms with E-state index in [2.05, 4.69) is 15.6 Å². The summed E-state index contributed by atoms with van der Waals surface area (Å²) in [7, 11) is 1.57. The number of aromatic nitrogens is 1. The van der Waals surface area contributed by atoms with Crippen molar-refractivity contribution in [1.82, 2.24) is 20.5 Å². The van der Waals surface area contributed by atoms with E-state index in [4.69, 9.17) is 5.11 Å². The molecule has 9 heteroatoms. The number of hydrogen-bond donors (Lipinski definition) is 3. The van der Waals surface area contributed by atoms with Crippen molar-refractivity contribution < 1.29 is 19.5 Å². The van der Waals surface area contributed by atoms with Crippen molar-refractivity contribution in [2.45, 2.75) is 6.54 Å². The van der Waals surface area contributed by atoms with Crippen LogP contribution in [0.3, 0.4) is 0 Å². The van der Waals surface area contributed by atoms with Gasteiger partial charge in [-0.1, -0.05) is 0 Å². The van der Waals surface area contributed by atoms with E-state index in [1.807, 2.05) is 5.38 Å². The summed E-state index contributed by atoms with van der Waals surface area (Å²) in [6.45, 7) is -0.400. The zero-order valence-corrected chi connectivity index (χ0v) is 11.1. The molecule has 8 nitrogen and oxygen atoms in total. The highest BCUT2D eigenvalue weighted by atomic mass is 32.1. The van der Waals surface area contributed by atoms with Gasteiger partial charge in [-0.15, -0.1) is 11.3 Å². The summed E-state index contributed by atoms with van der Waals surface area (Å²) in [6, 6.07) is -0.432. The number of carboxylic acids is 1. The Morgan fingerprint density at radius 2 is 2.11 bits per heavy atom. The van der Waals surface area contributed by atoms with Crippen molar-refractivity contribution in [2.24, 2.45) is 0 Å². The Morgan fingerprint density at radius 1 is 1.37 bits per heavy atom. The summed E-state index contributed by atoms with van der Waals surface area (Å²) in [5.74, 6) is -1.70. The standard InChI is InChI=1S/C10H14N4O4S/c1-14(4-7-5-19-6-13-7)10(18)12-2-8(15)11-3-9(16)17/h5-6H,2-4H2,1H3,(H,11,15)(H,12,18)(H,16,17). The second-order valence-electron chi connectivity index (χ2n) is 3.67. The molecule has 0 bridgehead atoms. The number of carboxylic acid groups (broad SMARTS) is 1. The second kappa shape index (κ2) is 7.31. The Labute approximate surface area is 113 Å². The van der Waals surface area contributed by atoms with Crippen LogP contribution in [-0.4, -0.2) is 53.0 Å². The van der Waals surface area contributed by atoms with Gasteiger partial charge in [0.1, 0.15) is 6.54 Å². The lowest BCUT2D eigenvalue weighted by Crippen LogP contribution is -2.43. The largest absolute Gasteiger partial charge is 0.480 e. The fourth-order valence-electron chi connectivity index (χ4n) is 1.16. The molecule has 0 atom stereocenters.